The molecule has 1 amide bonds. The van der Waals surface area contributed by atoms with E-state index in [1.54, 1.807) is 36.4 Å². The maximum Gasteiger partial charge on any atom is 0.325 e. The van der Waals surface area contributed by atoms with Crippen LogP contribution in [0.1, 0.15) is 30.4 Å². The monoisotopic (exact) mass is 485 g/mol. The first kappa shape index (κ1) is 24.1. The third-order valence-corrected chi connectivity index (χ3v) is 8.54. The van der Waals surface area contributed by atoms with Gasteiger partial charge in [0.05, 0.1) is 11.0 Å². The summed E-state index contributed by atoms with van der Waals surface area (Å²) in [6.45, 7) is 1.61. The lowest BCUT2D eigenvalue weighted by atomic mass is 9.60. The van der Waals surface area contributed by atoms with Crippen LogP contribution in [0.25, 0.3) is 0 Å². The fourth-order valence-electron chi connectivity index (χ4n) is 4.94. The number of amides is 1. The van der Waals surface area contributed by atoms with Crippen LogP contribution >= 0.6 is 0 Å². The zero-order valence-electron chi connectivity index (χ0n) is 19.1. The highest BCUT2D eigenvalue weighted by Crippen LogP contribution is 2.49. The molecule has 9 heteroatoms. The lowest BCUT2D eigenvalue weighted by molar-refractivity contribution is -0.190. The molecule has 180 valence electrons. The minimum absolute atomic E-state index is 0.00947. The summed E-state index contributed by atoms with van der Waals surface area (Å²) in [6.07, 6.45) is -1.14. The molecule has 0 unspecified atom stereocenters. The second-order valence-corrected chi connectivity index (χ2v) is 10.6. The summed E-state index contributed by atoms with van der Waals surface area (Å²) >= 11 is 0. The summed E-state index contributed by atoms with van der Waals surface area (Å²) in [7, 11) is -2.91. The maximum atomic E-state index is 14.0. The van der Waals surface area contributed by atoms with Crippen LogP contribution in [-0.4, -0.2) is 50.1 Å². The van der Waals surface area contributed by atoms with Crippen molar-refractivity contribution in [3.8, 4) is 0 Å². The summed E-state index contributed by atoms with van der Waals surface area (Å²) in [5.74, 6) is -2.61. The molecule has 4 rings (SSSR count). The van der Waals surface area contributed by atoms with Gasteiger partial charge in [0, 0.05) is 26.5 Å². The molecule has 1 aliphatic carbocycles. The number of sulfonamides is 1. The van der Waals surface area contributed by atoms with Crippen molar-refractivity contribution in [3.63, 3.8) is 0 Å². The van der Waals surface area contributed by atoms with Crippen LogP contribution in [0.4, 0.5) is 0 Å². The van der Waals surface area contributed by atoms with Gasteiger partial charge in [0.2, 0.25) is 0 Å². The molecule has 3 atom stereocenters. The molecule has 34 heavy (non-hydrogen) atoms. The van der Waals surface area contributed by atoms with E-state index in [1.807, 2.05) is 13.0 Å². The topological polar surface area (TPSA) is 107 Å². The number of nitrogens with zero attached hydrogens (tertiary/aromatic N) is 1. The number of carbonyl (C=O) groups is 3. The van der Waals surface area contributed by atoms with Crippen LogP contribution in [0.3, 0.4) is 0 Å². The Morgan fingerprint density at radius 3 is 2.38 bits per heavy atom. The lowest BCUT2D eigenvalue weighted by Gasteiger charge is -2.49. The third kappa shape index (κ3) is 4.03. The number of methoxy groups -OCH3 is 1. The standard InChI is InChI=1S/C25H27NO7S/c1-17-8-10-21(11-9-17)34(30,31)26-13-12-19-14-20(27)15-22(32-2)25(19,23(26)28)24(29)33-16-18-6-4-3-5-7-18/h3-11,19,22H,12-16H2,1-2H3/t19-,22-,25+/m1/s1. The van der Waals surface area contributed by atoms with E-state index >= 15 is 0 Å². The number of piperidine rings is 1. The number of carbonyl (C=O) groups excluding carboxylic acids is 3. The normalized spacial score (nSPS) is 25.1. The molecular formula is C25H27NO7S. The predicted molar refractivity (Wildman–Crippen MR) is 122 cm³/mol. The molecule has 0 radical (unpaired) electrons. The number of hydrogen-bond acceptors (Lipinski definition) is 7. The van der Waals surface area contributed by atoms with Crippen LogP contribution in [0.15, 0.2) is 59.5 Å². The van der Waals surface area contributed by atoms with Crippen molar-refractivity contribution < 1.29 is 32.3 Å². The number of benzene rings is 2. The zero-order valence-corrected chi connectivity index (χ0v) is 19.9. The number of aryl methyl sites for hydroxylation is 1. The first-order chi connectivity index (χ1) is 16.2. The van der Waals surface area contributed by atoms with Crippen molar-refractivity contribution in [2.75, 3.05) is 13.7 Å². The Morgan fingerprint density at radius 2 is 1.74 bits per heavy atom. The van der Waals surface area contributed by atoms with Gasteiger partial charge in [-0.3, -0.25) is 14.4 Å². The average Bonchev–Trinajstić information content (AvgIpc) is 2.83. The molecule has 2 aromatic carbocycles. The van der Waals surface area contributed by atoms with Crippen molar-refractivity contribution in [1.82, 2.24) is 4.31 Å². The summed E-state index contributed by atoms with van der Waals surface area (Å²) < 4.78 is 38.7. The Morgan fingerprint density at radius 1 is 1.06 bits per heavy atom. The Balaban J connectivity index is 1.74. The first-order valence-corrected chi connectivity index (χ1v) is 12.5. The summed E-state index contributed by atoms with van der Waals surface area (Å²) in [5.41, 5.74) is -0.333. The minimum atomic E-state index is -4.23. The number of ether oxygens (including phenoxy) is 2. The zero-order chi connectivity index (χ0) is 24.5. The van der Waals surface area contributed by atoms with Crippen LogP contribution in [-0.2, 0) is 40.5 Å². The van der Waals surface area contributed by atoms with Crippen LogP contribution in [0.5, 0.6) is 0 Å². The van der Waals surface area contributed by atoms with Gasteiger partial charge in [0.25, 0.3) is 15.9 Å². The fraction of sp³-hybridized carbons (Fsp3) is 0.400. The number of ketones is 1. The smallest absolute Gasteiger partial charge is 0.325 e. The van der Waals surface area contributed by atoms with Crippen LogP contribution < -0.4 is 0 Å². The molecule has 1 saturated heterocycles. The third-order valence-electron chi connectivity index (χ3n) is 6.74. The maximum absolute atomic E-state index is 14.0. The van der Waals surface area contributed by atoms with Gasteiger partial charge in [-0.2, -0.15) is 0 Å². The lowest BCUT2D eigenvalue weighted by Crippen LogP contribution is -2.66. The highest BCUT2D eigenvalue weighted by atomic mass is 32.2. The van der Waals surface area contributed by atoms with Crippen molar-refractivity contribution in [3.05, 3.63) is 65.7 Å². The van der Waals surface area contributed by atoms with E-state index < -0.39 is 39.3 Å². The molecule has 1 heterocycles. The molecule has 1 saturated carbocycles. The highest BCUT2D eigenvalue weighted by molar-refractivity contribution is 7.89. The van der Waals surface area contributed by atoms with Crippen molar-refractivity contribution >= 4 is 27.7 Å². The number of hydrogen-bond donors (Lipinski definition) is 0. The van der Waals surface area contributed by atoms with E-state index in [2.05, 4.69) is 0 Å². The SMILES string of the molecule is CO[C@@H]1CC(=O)C[C@H]2CCN(S(=O)(=O)c3ccc(C)cc3)C(=O)[C@]21C(=O)OCc1ccccc1. The van der Waals surface area contributed by atoms with E-state index in [-0.39, 0.29) is 43.1 Å². The van der Waals surface area contributed by atoms with E-state index in [0.29, 0.717) is 0 Å². The van der Waals surface area contributed by atoms with Gasteiger partial charge in [0.15, 0.2) is 5.41 Å². The molecule has 1 aliphatic heterocycles. The van der Waals surface area contributed by atoms with Gasteiger partial charge in [-0.1, -0.05) is 48.0 Å². The quantitative estimate of drug-likeness (QED) is 0.457. The van der Waals surface area contributed by atoms with Gasteiger partial charge >= 0.3 is 5.97 Å². The number of fused-ring (bicyclic) bond motifs is 1. The average molecular weight is 486 g/mol. The summed E-state index contributed by atoms with van der Waals surface area (Å²) in [5, 5.41) is 0. The Labute approximate surface area is 198 Å². The molecule has 0 spiro atoms. The number of rotatable bonds is 6. The molecule has 0 aromatic heterocycles. The minimum Gasteiger partial charge on any atom is -0.460 e. The fourth-order valence-corrected chi connectivity index (χ4v) is 6.39. The van der Waals surface area contributed by atoms with Crippen LogP contribution in [0.2, 0.25) is 0 Å². The molecule has 0 bridgehead atoms. The van der Waals surface area contributed by atoms with Crippen molar-refractivity contribution in [2.45, 2.75) is 43.8 Å². The number of esters is 1. The Hall–Kier alpha value is -3.04. The Kier molecular flexibility index (Phi) is 6.60. The van der Waals surface area contributed by atoms with Gasteiger partial charge < -0.3 is 9.47 Å². The summed E-state index contributed by atoms with van der Waals surface area (Å²) in [6, 6.07) is 15.1. The molecule has 2 aromatic rings. The molecular weight excluding hydrogens is 458 g/mol. The molecule has 8 nitrogen and oxygen atoms in total. The van der Waals surface area contributed by atoms with Crippen molar-refractivity contribution in [1.29, 1.82) is 0 Å². The van der Waals surface area contributed by atoms with E-state index in [1.165, 1.54) is 19.2 Å². The van der Waals surface area contributed by atoms with E-state index in [0.717, 1.165) is 15.4 Å². The van der Waals surface area contributed by atoms with Crippen LogP contribution in [0, 0.1) is 18.3 Å². The van der Waals surface area contributed by atoms with Gasteiger partial charge in [-0.05, 0) is 37.0 Å². The van der Waals surface area contributed by atoms with Gasteiger partial charge in [0.1, 0.15) is 12.4 Å². The molecule has 0 N–H and O–H groups in total. The van der Waals surface area contributed by atoms with E-state index in [4.69, 9.17) is 9.47 Å². The highest BCUT2D eigenvalue weighted by Gasteiger charge is 2.66. The second kappa shape index (κ2) is 9.31. The van der Waals surface area contributed by atoms with Gasteiger partial charge in [-0.25, -0.2) is 12.7 Å². The van der Waals surface area contributed by atoms with E-state index in [9.17, 15) is 22.8 Å². The largest absolute Gasteiger partial charge is 0.460 e. The van der Waals surface area contributed by atoms with Crippen molar-refractivity contribution in [2.24, 2.45) is 11.3 Å². The number of Topliss-reactive ketones (excluding diaryl/α,β-unsaturated/α-hetero) is 1. The molecule has 2 fully saturated rings. The second-order valence-electron chi connectivity index (χ2n) is 8.78. The Bertz CT molecular complexity index is 1180. The van der Waals surface area contributed by atoms with Gasteiger partial charge in [-0.15, -0.1) is 0 Å². The first-order valence-electron chi connectivity index (χ1n) is 11.1. The predicted octanol–water partition coefficient (Wildman–Crippen LogP) is 2.64. The summed E-state index contributed by atoms with van der Waals surface area (Å²) in [4.78, 5) is 39.9. The molecule has 2 aliphatic rings.